The van der Waals surface area contributed by atoms with E-state index in [1.54, 1.807) is 13.8 Å². The summed E-state index contributed by atoms with van der Waals surface area (Å²) in [5, 5.41) is 2.34. The summed E-state index contributed by atoms with van der Waals surface area (Å²) >= 11 is 5.92. The SMILES string of the molecule is CNC(=O)COC(=O)c1cc(S(=O)(=O)N(C)C(C)C)ccc1Cl. The Bertz CT molecular complexity index is 703. The normalized spacial score (nSPS) is 11.6. The van der Waals surface area contributed by atoms with Crippen LogP contribution in [0, 0.1) is 0 Å². The van der Waals surface area contributed by atoms with Gasteiger partial charge in [-0.3, -0.25) is 4.79 Å². The zero-order valence-corrected chi connectivity index (χ0v) is 14.9. The summed E-state index contributed by atoms with van der Waals surface area (Å²) in [5.74, 6) is -1.36. The van der Waals surface area contributed by atoms with E-state index >= 15 is 0 Å². The van der Waals surface area contributed by atoms with Crippen molar-refractivity contribution < 1.29 is 22.7 Å². The first kappa shape index (κ1) is 19.4. The second-order valence-electron chi connectivity index (χ2n) is 5.01. The smallest absolute Gasteiger partial charge is 0.340 e. The lowest BCUT2D eigenvalue weighted by Gasteiger charge is -2.21. The van der Waals surface area contributed by atoms with Gasteiger partial charge >= 0.3 is 5.97 Å². The van der Waals surface area contributed by atoms with E-state index in [1.807, 2.05) is 0 Å². The molecule has 0 saturated heterocycles. The van der Waals surface area contributed by atoms with Crippen molar-refractivity contribution in [1.82, 2.24) is 9.62 Å². The first-order chi connectivity index (χ1) is 10.6. The van der Waals surface area contributed by atoms with Crippen LogP contribution in [-0.4, -0.2) is 51.3 Å². The molecule has 0 aromatic heterocycles. The largest absolute Gasteiger partial charge is 0.452 e. The number of nitrogens with one attached hydrogen (secondary N) is 1. The number of hydrogen-bond acceptors (Lipinski definition) is 5. The van der Waals surface area contributed by atoms with Gasteiger partial charge in [0.2, 0.25) is 10.0 Å². The monoisotopic (exact) mass is 362 g/mol. The van der Waals surface area contributed by atoms with Gasteiger partial charge in [0, 0.05) is 20.1 Å². The number of carbonyl (C=O) groups is 2. The lowest BCUT2D eigenvalue weighted by molar-refractivity contribution is -0.123. The number of likely N-dealkylation sites (N-methyl/N-ethyl adjacent to an activating group) is 1. The molecule has 0 saturated carbocycles. The molecular formula is C14H19ClN2O5S. The Kier molecular flexibility index (Phi) is 6.55. The van der Waals surface area contributed by atoms with Gasteiger partial charge in [-0.15, -0.1) is 0 Å². The van der Waals surface area contributed by atoms with E-state index in [2.05, 4.69) is 5.32 Å². The molecular weight excluding hydrogens is 344 g/mol. The lowest BCUT2D eigenvalue weighted by Crippen LogP contribution is -2.33. The standard InChI is InChI=1S/C14H19ClN2O5S/c1-9(2)17(4)23(20,21)10-5-6-12(15)11(7-10)14(19)22-8-13(18)16-3/h5-7,9H,8H2,1-4H3,(H,16,18). The van der Waals surface area contributed by atoms with E-state index in [4.69, 9.17) is 16.3 Å². The van der Waals surface area contributed by atoms with Gasteiger partial charge in [0.15, 0.2) is 6.61 Å². The molecule has 0 fully saturated rings. The summed E-state index contributed by atoms with van der Waals surface area (Å²) in [4.78, 5) is 23.0. The predicted octanol–water partition coefficient (Wildman–Crippen LogP) is 1.27. The van der Waals surface area contributed by atoms with Crippen LogP contribution in [0.3, 0.4) is 0 Å². The Morgan fingerprint density at radius 3 is 2.48 bits per heavy atom. The second kappa shape index (κ2) is 7.76. The van der Waals surface area contributed by atoms with E-state index in [1.165, 1.54) is 30.5 Å². The Labute approximate surface area is 140 Å². The van der Waals surface area contributed by atoms with Gasteiger partial charge in [-0.05, 0) is 32.0 Å². The summed E-state index contributed by atoms with van der Waals surface area (Å²) in [6.45, 7) is 2.98. The Morgan fingerprint density at radius 2 is 1.96 bits per heavy atom. The number of rotatable bonds is 6. The van der Waals surface area contributed by atoms with Gasteiger partial charge in [0.05, 0.1) is 15.5 Å². The minimum Gasteiger partial charge on any atom is -0.452 e. The van der Waals surface area contributed by atoms with Crippen LogP contribution in [0.25, 0.3) is 0 Å². The first-order valence-electron chi connectivity index (χ1n) is 6.76. The van der Waals surface area contributed by atoms with Crippen LogP contribution < -0.4 is 5.32 Å². The van der Waals surface area contributed by atoms with Gasteiger partial charge in [-0.25, -0.2) is 13.2 Å². The fourth-order valence-corrected chi connectivity index (χ4v) is 3.14. The van der Waals surface area contributed by atoms with Crippen LogP contribution >= 0.6 is 11.6 Å². The summed E-state index contributed by atoms with van der Waals surface area (Å²) in [6.07, 6.45) is 0. The van der Waals surface area contributed by atoms with E-state index < -0.39 is 28.5 Å². The lowest BCUT2D eigenvalue weighted by atomic mass is 10.2. The number of sulfonamides is 1. The van der Waals surface area contributed by atoms with Crippen LogP contribution in [0.5, 0.6) is 0 Å². The average molecular weight is 363 g/mol. The molecule has 0 aliphatic carbocycles. The van der Waals surface area contributed by atoms with Crippen LogP contribution in [-0.2, 0) is 19.6 Å². The third-order valence-corrected chi connectivity index (χ3v) is 5.53. The molecule has 0 atom stereocenters. The molecule has 1 aromatic rings. The highest BCUT2D eigenvalue weighted by Gasteiger charge is 2.25. The highest BCUT2D eigenvalue weighted by Crippen LogP contribution is 2.24. The van der Waals surface area contributed by atoms with Crippen molar-refractivity contribution in [2.75, 3.05) is 20.7 Å². The minimum atomic E-state index is -3.76. The topological polar surface area (TPSA) is 92.8 Å². The van der Waals surface area contributed by atoms with Crippen molar-refractivity contribution in [2.45, 2.75) is 24.8 Å². The molecule has 0 unspecified atom stereocenters. The molecule has 0 radical (unpaired) electrons. The van der Waals surface area contributed by atoms with Crippen molar-refractivity contribution in [1.29, 1.82) is 0 Å². The maximum absolute atomic E-state index is 12.4. The number of halogens is 1. The Balaban J connectivity index is 3.13. The van der Waals surface area contributed by atoms with Crippen LogP contribution in [0.4, 0.5) is 0 Å². The number of benzene rings is 1. The van der Waals surface area contributed by atoms with E-state index in [0.29, 0.717) is 0 Å². The Morgan fingerprint density at radius 1 is 1.35 bits per heavy atom. The second-order valence-corrected chi connectivity index (χ2v) is 7.41. The minimum absolute atomic E-state index is 0.0399. The fraction of sp³-hybridized carbons (Fsp3) is 0.429. The number of amides is 1. The fourth-order valence-electron chi connectivity index (χ4n) is 1.55. The van der Waals surface area contributed by atoms with Crippen molar-refractivity contribution >= 4 is 33.5 Å². The number of carbonyl (C=O) groups excluding carboxylic acids is 2. The van der Waals surface area contributed by atoms with Crippen molar-refractivity contribution in [3.05, 3.63) is 28.8 Å². The molecule has 0 spiro atoms. The van der Waals surface area contributed by atoms with E-state index in [-0.39, 0.29) is 21.5 Å². The molecule has 1 N–H and O–H groups in total. The summed E-state index contributed by atoms with van der Waals surface area (Å²) in [6, 6.07) is 3.51. The molecule has 128 valence electrons. The third kappa shape index (κ3) is 4.66. The number of ether oxygens (including phenoxy) is 1. The summed E-state index contributed by atoms with van der Waals surface area (Å²) in [5.41, 5.74) is -0.117. The van der Waals surface area contributed by atoms with Crippen LogP contribution in [0.2, 0.25) is 5.02 Å². The zero-order valence-electron chi connectivity index (χ0n) is 13.3. The van der Waals surface area contributed by atoms with Gasteiger partial charge in [0.1, 0.15) is 0 Å². The molecule has 0 aliphatic rings. The van der Waals surface area contributed by atoms with Crippen molar-refractivity contribution in [3.63, 3.8) is 0 Å². The van der Waals surface area contributed by atoms with Crippen LogP contribution in [0.1, 0.15) is 24.2 Å². The van der Waals surface area contributed by atoms with E-state index in [9.17, 15) is 18.0 Å². The molecule has 0 bridgehead atoms. The molecule has 1 rings (SSSR count). The highest BCUT2D eigenvalue weighted by molar-refractivity contribution is 7.89. The molecule has 9 heteroatoms. The Hall–Kier alpha value is -1.64. The molecule has 0 aliphatic heterocycles. The summed E-state index contributed by atoms with van der Waals surface area (Å²) < 4.78 is 30.8. The van der Waals surface area contributed by atoms with Gasteiger partial charge in [-0.2, -0.15) is 4.31 Å². The molecule has 1 amide bonds. The highest BCUT2D eigenvalue weighted by atomic mass is 35.5. The predicted molar refractivity (Wildman–Crippen MR) is 85.9 cm³/mol. The van der Waals surface area contributed by atoms with Gasteiger partial charge < -0.3 is 10.1 Å². The molecule has 1 aromatic carbocycles. The summed E-state index contributed by atoms with van der Waals surface area (Å²) in [7, 11) is -0.916. The number of esters is 1. The zero-order chi connectivity index (χ0) is 17.8. The average Bonchev–Trinajstić information content (AvgIpc) is 2.51. The first-order valence-corrected chi connectivity index (χ1v) is 8.58. The van der Waals surface area contributed by atoms with Gasteiger partial charge in [0.25, 0.3) is 5.91 Å². The van der Waals surface area contributed by atoms with E-state index in [0.717, 1.165) is 6.07 Å². The third-order valence-electron chi connectivity index (χ3n) is 3.18. The van der Waals surface area contributed by atoms with Gasteiger partial charge in [-0.1, -0.05) is 11.6 Å². The quantitative estimate of drug-likeness (QED) is 0.769. The number of nitrogens with zero attached hydrogens (tertiary/aromatic N) is 1. The van der Waals surface area contributed by atoms with Crippen molar-refractivity contribution in [2.24, 2.45) is 0 Å². The van der Waals surface area contributed by atoms with Crippen LogP contribution in [0.15, 0.2) is 23.1 Å². The van der Waals surface area contributed by atoms with Crippen molar-refractivity contribution in [3.8, 4) is 0 Å². The maximum atomic E-state index is 12.4. The molecule has 0 heterocycles. The number of hydrogen-bond donors (Lipinski definition) is 1. The molecule has 23 heavy (non-hydrogen) atoms. The maximum Gasteiger partial charge on any atom is 0.340 e. The molecule has 7 nitrogen and oxygen atoms in total.